The summed E-state index contributed by atoms with van der Waals surface area (Å²) in [7, 11) is 0. The van der Waals surface area contributed by atoms with Crippen molar-refractivity contribution in [3.63, 3.8) is 0 Å². The molecule has 1 heterocycles. The molecule has 1 aromatic carbocycles. The fraction of sp³-hybridized carbons (Fsp3) is 0.500. The van der Waals surface area contributed by atoms with Crippen LogP contribution in [-0.4, -0.2) is 30.4 Å². The number of carbonyl (C=O) groups is 1. The van der Waals surface area contributed by atoms with Crippen LogP contribution in [0.25, 0.3) is 0 Å². The van der Waals surface area contributed by atoms with Crippen molar-refractivity contribution < 1.29 is 4.79 Å². The molecule has 0 saturated carbocycles. The quantitative estimate of drug-likeness (QED) is 0.801. The average molecular weight is 247 g/mol. The van der Waals surface area contributed by atoms with Crippen molar-refractivity contribution in [3.8, 4) is 0 Å². The number of benzene rings is 1. The summed E-state index contributed by atoms with van der Waals surface area (Å²) >= 11 is 0. The van der Waals surface area contributed by atoms with Gasteiger partial charge in [-0.05, 0) is 43.5 Å². The lowest BCUT2D eigenvalue weighted by atomic mass is 10.2. The SMILES string of the molecule is Cc1ccc(NC(=O)CN2CCC(C)C2)c(N)c1. The fourth-order valence-electron chi connectivity index (χ4n) is 2.36. The molecule has 1 aliphatic heterocycles. The lowest BCUT2D eigenvalue weighted by Gasteiger charge is -2.15. The summed E-state index contributed by atoms with van der Waals surface area (Å²) in [6.07, 6.45) is 1.18. The number of nitrogen functional groups attached to an aromatic ring is 1. The molecular formula is C14H21N3O. The number of aryl methyl sites for hydroxylation is 1. The number of anilines is 2. The van der Waals surface area contributed by atoms with E-state index in [1.54, 1.807) is 0 Å². The van der Waals surface area contributed by atoms with Crippen LogP contribution in [0.5, 0.6) is 0 Å². The second-order valence-electron chi connectivity index (χ2n) is 5.27. The predicted octanol–water partition coefficient (Wildman–Crippen LogP) is 1.86. The van der Waals surface area contributed by atoms with Crippen molar-refractivity contribution in [3.05, 3.63) is 23.8 Å². The molecule has 0 spiro atoms. The number of amides is 1. The highest BCUT2D eigenvalue weighted by Crippen LogP contribution is 2.20. The average Bonchev–Trinajstić information content (AvgIpc) is 2.68. The largest absolute Gasteiger partial charge is 0.397 e. The normalized spacial score (nSPS) is 20.0. The summed E-state index contributed by atoms with van der Waals surface area (Å²) in [4.78, 5) is 14.1. The van der Waals surface area contributed by atoms with Gasteiger partial charge in [0, 0.05) is 6.54 Å². The highest BCUT2D eigenvalue weighted by atomic mass is 16.2. The minimum atomic E-state index is 0.0136. The van der Waals surface area contributed by atoms with Gasteiger partial charge in [0.2, 0.25) is 5.91 Å². The summed E-state index contributed by atoms with van der Waals surface area (Å²) in [5.41, 5.74) is 8.30. The van der Waals surface area contributed by atoms with E-state index in [4.69, 9.17) is 5.73 Å². The first-order valence-electron chi connectivity index (χ1n) is 6.43. The first kappa shape index (κ1) is 12.9. The standard InChI is InChI=1S/C14H21N3O/c1-10-3-4-13(12(15)7-10)16-14(18)9-17-6-5-11(2)8-17/h3-4,7,11H,5-6,8-9,15H2,1-2H3,(H,16,18). The van der Waals surface area contributed by atoms with Gasteiger partial charge in [0.15, 0.2) is 0 Å². The van der Waals surface area contributed by atoms with Crippen molar-refractivity contribution in [1.29, 1.82) is 0 Å². The molecule has 98 valence electrons. The molecule has 4 heteroatoms. The molecule has 18 heavy (non-hydrogen) atoms. The monoisotopic (exact) mass is 247 g/mol. The minimum absolute atomic E-state index is 0.0136. The Labute approximate surface area is 108 Å². The van der Waals surface area contributed by atoms with E-state index in [1.807, 2.05) is 25.1 Å². The van der Waals surface area contributed by atoms with Crippen LogP contribution in [0.4, 0.5) is 11.4 Å². The molecule has 1 aliphatic rings. The molecule has 1 unspecified atom stereocenters. The van der Waals surface area contributed by atoms with Crippen molar-refractivity contribution in [2.24, 2.45) is 5.92 Å². The molecule has 2 rings (SSSR count). The number of nitrogens with zero attached hydrogens (tertiary/aromatic N) is 1. The summed E-state index contributed by atoms with van der Waals surface area (Å²) < 4.78 is 0. The van der Waals surface area contributed by atoms with Crippen LogP contribution >= 0.6 is 0 Å². The number of likely N-dealkylation sites (tertiary alicyclic amines) is 1. The molecule has 3 N–H and O–H groups in total. The maximum absolute atomic E-state index is 11.9. The molecule has 0 radical (unpaired) electrons. The summed E-state index contributed by atoms with van der Waals surface area (Å²) in [6.45, 7) is 6.68. The molecule has 1 fully saturated rings. The van der Waals surface area contributed by atoms with Crippen molar-refractivity contribution in [2.45, 2.75) is 20.3 Å². The zero-order chi connectivity index (χ0) is 13.1. The highest BCUT2D eigenvalue weighted by molar-refractivity contribution is 5.95. The maximum atomic E-state index is 11.9. The van der Waals surface area contributed by atoms with Gasteiger partial charge in [-0.3, -0.25) is 9.69 Å². The first-order chi connectivity index (χ1) is 8.54. The molecular weight excluding hydrogens is 226 g/mol. The number of carbonyl (C=O) groups excluding carboxylic acids is 1. The molecule has 1 amide bonds. The molecule has 4 nitrogen and oxygen atoms in total. The van der Waals surface area contributed by atoms with E-state index in [9.17, 15) is 4.79 Å². The first-order valence-corrected chi connectivity index (χ1v) is 6.43. The molecule has 0 aromatic heterocycles. The zero-order valence-corrected chi connectivity index (χ0v) is 11.1. The van der Waals surface area contributed by atoms with Gasteiger partial charge in [0.25, 0.3) is 0 Å². The van der Waals surface area contributed by atoms with Crippen LogP contribution in [0.15, 0.2) is 18.2 Å². The Morgan fingerprint density at radius 1 is 1.56 bits per heavy atom. The third kappa shape index (κ3) is 3.23. The highest BCUT2D eigenvalue weighted by Gasteiger charge is 2.20. The van der Waals surface area contributed by atoms with Crippen LogP contribution in [0, 0.1) is 12.8 Å². The van der Waals surface area contributed by atoms with Crippen LogP contribution in [0.3, 0.4) is 0 Å². The van der Waals surface area contributed by atoms with Crippen LogP contribution < -0.4 is 11.1 Å². The van der Waals surface area contributed by atoms with E-state index < -0.39 is 0 Å². The van der Waals surface area contributed by atoms with E-state index >= 15 is 0 Å². The lowest BCUT2D eigenvalue weighted by molar-refractivity contribution is -0.117. The van der Waals surface area contributed by atoms with Crippen molar-refractivity contribution in [2.75, 3.05) is 30.7 Å². The van der Waals surface area contributed by atoms with Crippen LogP contribution in [0.1, 0.15) is 18.9 Å². The van der Waals surface area contributed by atoms with E-state index in [0.29, 0.717) is 23.8 Å². The fourth-order valence-corrected chi connectivity index (χ4v) is 2.36. The Morgan fingerprint density at radius 2 is 2.33 bits per heavy atom. The Kier molecular flexibility index (Phi) is 3.87. The van der Waals surface area contributed by atoms with Crippen LogP contribution in [-0.2, 0) is 4.79 Å². The van der Waals surface area contributed by atoms with Crippen molar-refractivity contribution in [1.82, 2.24) is 4.90 Å². The summed E-state index contributed by atoms with van der Waals surface area (Å²) in [6, 6.07) is 5.67. The van der Waals surface area contributed by atoms with Crippen molar-refractivity contribution >= 4 is 17.3 Å². The Balaban J connectivity index is 1.91. The van der Waals surface area contributed by atoms with Gasteiger partial charge < -0.3 is 11.1 Å². The smallest absolute Gasteiger partial charge is 0.238 e. The second-order valence-corrected chi connectivity index (χ2v) is 5.27. The van der Waals surface area contributed by atoms with Gasteiger partial charge in [-0.15, -0.1) is 0 Å². The Hall–Kier alpha value is -1.55. The van der Waals surface area contributed by atoms with E-state index in [0.717, 1.165) is 18.7 Å². The van der Waals surface area contributed by atoms with E-state index in [2.05, 4.69) is 17.1 Å². The number of rotatable bonds is 3. The Morgan fingerprint density at radius 3 is 2.94 bits per heavy atom. The number of nitrogens with one attached hydrogen (secondary N) is 1. The van der Waals surface area contributed by atoms with E-state index in [-0.39, 0.29) is 5.91 Å². The number of hydrogen-bond donors (Lipinski definition) is 2. The number of hydrogen-bond acceptors (Lipinski definition) is 3. The van der Waals surface area contributed by atoms with Gasteiger partial charge >= 0.3 is 0 Å². The second kappa shape index (κ2) is 5.40. The Bertz CT molecular complexity index is 445. The third-order valence-corrected chi connectivity index (χ3v) is 3.36. The van der Waals surface area contributed by atoms with Gasteiger partial charge in [-0.2, -0.15) is 0 Å². The van der Waals surface area contributed by atoms with Gasteiger partial charge in [-0.25, -0.2) is 0 Å². The molecule has 1 atom stereocenters. The lowest BCUT2D eigenvalue weighted by Crippen LogP contribution is -2.31. The number of nitrogens with two attached hydrogens (primary N) is 1. The molecule has 0 aliphatic carbocycles. The molecule has 1 aromatic rings. The van der Waals surface area contributed by atoms with Gasteiger partial charge in [-0.1, -0.05) is 13.0 Å². The van der Waals surface area contributed by atoms with Gasteiger partial charge in [0.05, 0.1) is 17.9 Å². The third-order valence-electron chi connectivity index (χ3n) is 3.36. The van der Waals surface area contributed by atoms with E-state index in [1.165, 1.54) is 6.42 Å². The minimum Gasteiger partial charge on any atom is -0.397 e. The van der Waals surface area contributed by atoms with Crippen LogP contribution in [0.2, 0.25) is 0 Å². The zero-order valence-electron chi connectivity index (χ0n) is 11.1. The van der Waals surface area contributed by atoms with Gasteiger partial charge in [0.1, 0.15) is 0 Å². The summed E-state index contributed by atoms with van der Waals surface area (Å²) in [5, 5.41) is 2.87. The molecule has 1 saturated heterocycles. The summed E-state index contributed by atoms with van der Waals surface area (Å²) in [5.74, 6) is 0.710. The maximum Gasteiger partial charge on any atom is 0.238 e. The molecule has 0 bridgehead atoms. The predicted molar refractivity (Wildman–Crippen MR) is 74.4 cm³/mol. The topological polar surface area (TPSA) is 58.4 Å².